The highest BCUT2D eigenvalue weighted by atomic mass is 32.1. The van der Waals surface area contributed by atoms with E-state index in [-0.39, 0.29) is 11.8 Å². The molecule has 0 spiro atoms. The molecule has 0 bridgehead atoms. The van der Waals surface area contributed by atoms with E-state index < -0.39 is 0 Å². The highest BCUT2D eigenvalue weighted by Gasteiger charge is 2.16. The van der Waals surface area contributed by atoms with E-state index in [0.717, 1.165) is 21.2 Å². The van der Waals surface area contributed by atoms with Crippen molar-refractivity contribution in [2.45, 2.75) is 32.2 Å². The molecule has 7 heteroatoms. The van der Waals surface area contributed by atoms with Crippen LogP contribution in [0.3, 0.4) is 0 Å². The molecule has 1 aliphatic heterocycles. The SMILES string of the molecule is CN(Cc1cnc(-c2ccccc2)s1)C(=O)CCC1=NNC(=O)CC1. The van der Waals surface area contributed by atoms with Gasteiger partial charge in [0, 0.05) is 42.2 Å². The molecule has 1 aliphatic rings. The molecule has 0 radical (unpaired) electrons. The highest BCUT2D eigenvalue weighted by molar-refractivity contribution is 7.15. The molecular formula is C18H20N4O2S. The van der Waals surface area contributed by atoms with Gasteiger partial charge in [-0.3, -0.25) is 9.59 Å². The minimum absolute atomic E-state index is 0.0633. The first-order valence-electron chi connectivity index (χ1n) is 8.20. The van der Waals surface area contributed by atoms with Crippen LogP contribution in [0.5, 0.6) is 0 Å². The van der Waals surface area contributed by atoms with Crippen LogP contribution in [-0.2, 0) is 16.1 Å². The number of nitrogens with zero attached hydrogens (tertiary/aromatic N) is 3. The van der Waals surface area contributed by atoms with Crippen LogP contribution in [0.15, 0.2) is 41.6 Å². The lowest BCUT2D eigenvalue weighted by atomic mass is 10.1. The smallest absolute Gasteiger partial charge is 0.240 e. The van der Waals surface area contributed by atoms with Crippen LogP contribution < -0.4 is 5.43 Å². The maximum absolute atomic E-state index is 12.3. The summed E-state index contributed by atoms with van der Waals surface area (Å²) < 4.78 is 0. The van der Waals surface area contributed by atoms with E-state index >= 15 is 0 Å². The maximum atomic E-state index is 12.3. The van der Waals surface area contributed by atoms with Gasteiger partial charge in [0.1, 0.15) is 5.01 Å². The third kappa shape index (κ3) is 4.73. The summed E-state index contributed by atoms with van der Waals surface area (Å²) in [6.07, 6.45) is 3.90. The van der Waals surface area contributed by atoms with Gasteiger partial charge in [-0.05, 0) is 12.8 Å². The number of carbonyl (C=O) groups is 2. The van der Waals surface area contributed by atoms with Gasteiger partial charge in [0.2, 0.25) is 11.8 Å². The van der Waals surface area contributed by atoms with E-state index in [1.54, 1.807) is 23.3 Å². The molecule has 0 saturated carbocycles. The minimum atomic E-state index is -0.0633. The largest absolute Gasteiger partial charge is 0.341 e. The number of thiazole rings is 1. The van der Waals surface area contributed by atoms with Crippen molar-refractivity contribution in [2.24, 2.45) is 5.10 Å². The molecule has 0 saturated heterocycles. The lowest BCUT2D eigenvalue weighted by molar-refractivity contribution is -0.130. The Kier molecular flexibility index (Phi) is 5.55. The van der Waals surface area contributed by atoms with Crippen molar-refractivity contribution in [3.05, 3.63) is 41.4 Å². The molecule has 2 heterocycles. The number of hydrogen-bond donors (Lipinski definition) is 1. The number of hydrogen-bond acceptors (Lipinski definition) is 5. The molecule has 130 valence electrons. The molecule has 0 fully saturated rings. The fraction of sp³-hybridized carbons (Fsp3) is 0.333. The number of benzene rings is 1. The lowest BCUT2D eigenvalue weighted by Gasteiger charge is -2.17. The van der Waals surface area contributed by atoms with Crippen molar-refractivity contribution in [1.29, 1.82) is 0 Å². The number of nitrogens with one attached hydrogen (secondary N) is 1. The second kappa shape index (κ2) is 8.02. The summed E-state index contributed by atoms with van der Waals surface area (Å²) >= 11 is 1.60. The Morgan fingerprint density at radius 2 is 2.08 bits per heavy atom. The fourth-order valence-corrected chi connectivity index (χ4v) is 3.52. The first-order valence-corrected chi connectivity index (χ1v) is 9.02. The van der Waals surface area contributed by atoms with Gasteiger partial charge in [0.25, 0.3) is 0 Å². The summed E-state index contributed by atoms with van der Waals surface area (Å²) in [6.45, 7) is 0.548. The van der Waals surface area contributed by atoms with Crippen LogP contribution in [0, 0.1) is 0 Å². The van der Waals surface area contributed by atoms with Gasteiger partial charge in [-0.2, -0.15) is 5.10 Å². The Hall–Kier alpha value is -2.54. The predicted molar refractivity (Wildman–Crippen MR) is 98.1 cm³/mol. The first kappa shape index (κ1) is 17.3. The Morgan fingerprint density at radius 1 is 1.28 bits per heavy atom. The molecule has 0 unspecified atom stereocenters. The second-order valence-corrected chi connectivity index (χ2v) is 7.08. The zero-order valence-electron chi connectivity index (χ0n) is 14.1. The molecule has 2 aromatic rings. The van der Waals surface area contributed by atoms with Crippen LogP contribution >= 0.6 is 11.3 Å². The molecule has 25 heavy (non-hydrogen) atoms. The summed E-state index contributed by atoms with van der Waals surface area (Å²) in [7, 11) is 1.80. The number of amides is 2. The second-order valence-electron chi connectivity index (χ2n) is 5.96. The Morgan fingerprint density at radius 3 is 2.80 bits per heavy atom. The fourth-order valence-electron chi connectivity index (χ4n) is 2.55. The molecule has 3 rings (SSSR count). The van der Waals surface area contributed by atoms with Crippen molar-refractivity contribution >= 4 is 28.9 Å². The summed E-state index contributed by atoms with van der Waals surface area (Å²) in [5.74, 6) is 0.000807. The lowest BCUT2D eigenvalue weighted by Crippen LogP contribution is -2.28. The van der Waals surface area contributed by atoms with E-state index in [0.29, 0.717) is 32.2 Å². The summed E-state index contributed by atoms with van der Waals surface area (Å²) in [5.41, 5.74) is 4.43. The number of rotatable bonds is 6. The molecule has 0 aliphatic carbocycles. The van der Waals surface area contributed by atoms with Crippen molar-refractivity contribution in [1.82, 2.24) is 15.3 Å². The zero-order valence-corrected chi connectivity index (χ0v) is 14.9. The predicted octanol–water partition coefficient (Wildman–Crippen LogP) is 2.81. The highest BCUT2D eigenvalue weighted by Crippen LogP contribution is 2.25. The summed E-state index contributed by atoms with van der Waals surface area (Å²) in [5, 5.41) is 4.96. The van der Waals surface area contributed by atoms with Crippen molar-refractivity contribution in [2.75, 3.05) is 7.05 Å². The summed E-state index contributed by atoms with van der Waals surface area (Å²) in [6, 6.07) is 10.0. The monoisotopic (exact) mass is 356 g/mol. The third-order valence-electron chi connectivity index (χ3n) is 4.00. The zero-order chi connectivity index (χ0) is 17.6. The maximum Gasteiger partial charge on any atom is 0.240 e. The van der Waals surface area contributed by atoms with Gasteiger partial charge in [0.05, 0.1) is 6.54 Å². The number of carbonyl (C=O) groups excluding carboxylic acids is 2. The number of hydrazone groups is 1. The van der Waals surface area contributed by atoms with Crippen molar-refractivity contribution in [3.63, 3.8) is 0 Å². The Labute approximate surface area is 150 Å². The van der Waals surface area contributed by atoms with Gasteiger partial charge in [-0.25, -0.2) is 10.4 Å². The van der Waals surface area contributed by atoms with Gasteiger partial charge >= 0.3 is 0 Å². The summed E-state index contributed by atoms with van der Waals surface area (Å²) in [4.78, 5) is 30.6. The Balaban J connectivity index is 1.52. The van der Waals surface area contributed by atoms with E-state index in [4.69, 9.17) is 0 Å². The van der Waals surface area contributed by atoms with E-state index in [9.17, 15) is 9.59 Å². The van der Waals surface area contributed by atoms with Gasteiger partial charge < -0.3 is 4.90 Å². The topological polar surface area (TPSA) is 74.7 Å². The average molecular weight is 356 g/mol. The van der Waals surface area contributed by atoms with E-state index in [1.807, 2.05) is 36.5 Å². The molecule has 2 amide bonds. The van der Waals surface area contributed by atoms with Gasteiger partial charge in [-0.1, -0.05) is 30.3 Å². The van der Waals surface area contributed by atoms with Crippen LogP contribution in [0.4, 0.5) is 0 Å². The average Bonchev–Trinajstić information content (AvgIpc) is 3.10. The number of aromatic nitrogens is 1. The molecule has 6 nitrogen and oxygen atoms in total. The minimum Gasteiger partial charge on any atom is -0.341 e. The van der Waals surface area contributed by atoms with Gasteiger partial charge in [-0.15, -0.1) is 11.3 Å². The van der Waals surface area contributed by atoms with Crippen LogP contribution in [0.2, 0.25) is 0 Å². The normalized spacial score (nSPS) is 14.0. The van der Waals surface area contributed by atoms with E-state index in [2.05, 4.69) is 15.5 Å². The van der Waals surface area contributed by atoms with Crippen molar-refractivity contribution < 1.29 is 9.59 Å². The van der Waals surface area contributed by atoms with Crippen LogP contribution in [0.1, 0.15) is 30.6 Å². The third-order valence-corrected chi connectivity index (χ3v) is 5.03. The molecule has 0 atom stereocenters. The van der Waals surface area contributed by atoms with Crippen molar-refractivity contribution in [3.8, 4) is 10.6 Å². The molecular weight excluding hydrogens is 336 g/mol. The quantitative estimate of drug-likeness (QED) is 0.865. The molecule has 1 aromatic carbocycles. The molecule has 1 N–H and O–H groups in total. The van der Waals surface area contributed by atoms with E-state index in [1.165, 1.54) is 0 Å². The Bertz CT molecular complexity index is 785. The standard InChI is InChI=1S/C18H20N4O2S/c1-22(17(24)10-8-14-7-9-16(23)21-20-14)12-15-11-19-18(25-15)13-5-3-2-4-6-13/h2-6,11H,7-10,12H2,1H3,(H,21,23). The van der Waals surface area contributed by atoms with Crippen LogP contribution in [-0.4, -0.2) is 34.5 Å². The van der Waals surface area contributed by atoms with Gasteiger partial charge in [0.15, 0.2) is 0 Å². The van der Waals surface area contributed by atoms with Crippen LogP contribution in [0.25, 0.3) is 10.6 Å². The molecule has 1 aromatic heterocycles. The first-order chi connectivity index (χ1) is 12.1.